The molecule has 2 aliphatic heterocycles. The molecule has 106 valence electrons. The van der Waals surface area contributed by atoms with E-state index in [9.17, 15) is 8.42 Å². The molecule has 1 aromatic heterocycles. The third-order valence-electron chi connectivity index (χ3n) is 4.08. The van der Waals surface area contributed by atoms with Crippen LogP contribution in [0.25, 0.3) is 0 Å². The van der Waals surface area contributed by atoms with Crippen LogP contribution in [0.2, 0.25) is 0 Å². The maximum atomic E-state index is 12.6. The van der Waals surface area contributed by atoms with Gasteiger partial charge < -0.3 is 10.3 Å². The molecular weight excluding hydrogens is 264 g/mol. The molecule has 2 fully saturated rings. The van der Waals surface area contributed by atoms with Crippen LogP contribution in [-0.4, -0.2) is 47.9 Å². The summed E-state index contributed by atoms with van der Waals surface area (Å²) in [6, 6.07) is 0.400. The lowest BCUT2D eigenvalue weighted by Crippen LogP contribution is -2.46. The maximum absolute atomic E-state index is 12.6. The summed E-state index contributed by atoms with van der Waals surface area (Å²) in [7, 11) is -3.43. The van der Waals surface area contributed by atoms with Crippen LogP contribution in [-0.2, 0) is 10.0 Å². The van der Waals surface area contributed by atoms with Crippen LogP contribution >= 0.6 is 0 Å². The van der Waals surface area contributed by atoms with Gasteiger partial charge in [-0.25, -0.2) is 13.4 Å². The summed E-state index contributed by atoms with van der Waals surface area (Å²) in [5, 5.41) is 3.64. The standard InChI is InChI=1S/C12H20N4O2S/c1-9-14-8-12(15-9)19(17,18)16-7-3-5-11(16)10-4-2-6-13-10/h8,10-11,13H,2-7H2,1H3,(H,14,15). The van der Waals surface area contributed by atoms with Gasteiger partial charge in [0.1, 0.15) is 5.82 Å². The van der Waals surface area contributed by atoms with Gasteiger partial charge in [0.2, 0.25) is 0 Å². The van der Waals surface area contributed by atoms with Crippen molar-refractivity contribution in [1.82, 2.24) is 19.6 Å². The van der Waals surface area contributed by atoms with E-state index in [-0.39, 0.29) is 11.1 Å². The van der Waals surface area contributed by atoms with Crippen molar-refractivity contribution in [2.45, 2.75) is 49.7 Å². The zero-order valence-corrected chi connectivity index (χ0v) is 11.9. The fourth-order valence-electron chi connectivity index (χ4n) is 3.16. The quantitative estimate of drug-likeness (QED) is 0.853. The van der Waals surface area contributed by atoms with Gasteiger partial charge >= 0.3 is 0 Å². The number of sulfonamides is 1. The molecule has 0 radical (unpaired) electrons. The van der Waals surface area contributed by atoms with E-state index >= 15 is 0 Å². The van der Waals surface area contributed by atoms with Crippen LogP contribution in [0.15, 0.2) is 11.2 Å². The lowest BCUT2D eigenvalue weighted by atomic mass is 10.1. The molecule has 0 aromatic carbocycles. The molecule has 19 heavy (non-hydrogen) atoms. The third-order valence-corrected chi connectivity index (χ3v) is 5.91. The summed E-state index contributed by atoms with van der Waals surface area (Å²) in [4.78, 5) is 6.84. The fourth-order valence-corrected chi connectivity index (χ4v) is 4.86. The Labute approximate surface area is 113 Å². The zero-order chi connectivity index (χ0) is 13.5. The van der Waals surface area contributed by atoms with E-state index in [1.807, 2.05) is 0 Å². The highest BCUT2D eigenvalue weighted by molar-refractivity contribution is 7.89. The third kappa shape index (κ3) is 2.30. The van der Waals surface area contributed by atoms with Crippen molar-refractivity contribution in [2.24, 2.45) is 0 Å². The summed E-state index contributed by atoms with van der Waals surface area (Å²) in [6.45, 7) is 3.38. The number of hydrogen-bond donors (Lipinski definition) is 2. The van der Waals surface area contributed by atoms with Crippen LogP contribution in [0.4, 0.5) is 0 Å². The molecule has 7 heteroatoms. The molecule has 0 saturated carbocycles. The van der Waals surface area contributed by atoms with Crippen LogP contribution in [0, 0.1) is 6.92 Å². The Bertz CT molecular complexity index is 548. The minimum atomic E-state index is -3.43. The van der Waals surface area contributed by atoms with Crippen molar-refractivity contribution < 1.29 is 8.42 Å². The van der Waals surface area contributed by atoms with Gasteiger partial charge in [0.15, 0.2) is 5.03 Å². The molecule has 3 rings (SSSR count). The summed E-state index contributed by atoms with van der Waals surface area (Å²) < 4.78 is 26.9. The topological polar surface area (TPSA) is 78.1 Å². The first kappa shape index (κ1) is 13.1. The van der Waals surface area contributed by atoms with Gasteiger partial charge in [-0.3, -0.25) is 0 Å². The average molecular weight is 284 g/mol. The van der Waals surface area contributed by atoms with Crippen molar-refractivity contribution in [3.8, 4) is 0 Å². The highest BCUT2D eigenvalue weighted by Crippen LogP contribution is 2.29. The number of imidazole rings is 1. The summed E-state index contributed by atoms with van der Waals surface area (Å²) in [5.74, 6) is 0.633. The normalized spacial score (nSPS) is 29.1. The van der Waals surface area contributed by atoms with Gasteiger partial charge in [-0.2, -0.15) is 4.31 Å². The van der Waals surface area contributed by atoms with Gasteiger partial charge in [-0.15, -0.1) is 0 Å². The predicted octanol–water partition coefficient (Wildman–Crippen LogP) is 0.623. The number of hydrogen-bond acceptors (Lipinski definition) is 4. The smallest absolute Gasteiger partial charge is 0.260 e. The van der Waals surface area contributed by atoms with E-state index in [4.69, 9.17) is 0 Å². The molecule has 0 bridgehead atoms. The van der Waals surface area contributed by atoms with Crippen molar-refractivity contribution in [2.75, 3.05) is 13.1 Å². The Morgan fingerprint density at radius 1 is 1.37 bits per heavy atom. The predicted molar refractivity (Wildman–Crippen MR) is 71.3 cm³/mol. The van der Waals surface area contributed by atoms with Gasteiger partial charge in [-0.1, -0.05) is 0 Å². The number of aryl methyl sites for hydroxylation is 1. The van der Waals surface area contributed by atoms with Crippen LogP contribution in [0.5, 0.6) is 0 Å². The molecule has 0 spiro atoms. The SMILES string of the molecule is Cc1ncc(S(=O)(=O)N2CCCC2C2CCCN2)[nH]1. The molecule has 2 unspecified atom stereocenters. The van der Waals surface area contributed by atoms with Crippen LogP contribution in [0.3, 0.4) is 0 Å². The monoisotopic (exact) mass is 284 g/mol. The highest BCUT2D eigenvalue weighted by Gasteiger charge is 2.40. The molecule has 0 amide bonds. The Morgan fingerprint density at radius 2 is 2.21 bits per heavy atom. The summed E-state index contributed by atoms with van der Waals surface area (Å²) >= 11 is 0. The summed E-state index contributed by atoms with van der Waals surface area (Å²) in [6.07, 6.45) is 5.51. The second kappa shape index (κ2) is 4.88. The van der Waals surface area contributed by atoms with E-state index in [1.165, 1.54) is 6.20 Å². The van der Waals surface area contributed by atoms with Crippen molar-refractivity contribution >= 4 is 10.0 Å². The molecule has 6 nitrogen and oxygen atoms in total. The van der Waals surface area contributed by atoms with Crippen LogP contribution < -0.4 is 5.32 Å². The Balaban J connectivity index is 1.87. The molecule has 2 saturated heterocycles. The van der Waals surface area contributed by atoms with E-state index in [1.54, 1.807) is 11.2 Å². The molecule has 2 N–H and O–H groups in total. The molecule has 3 heterocycles. The second-order valence-corrected chi connectivity index (χ2v) is 7.22. The first-order valence-corrected chi connectivity index (χ1v) is 8.30. The van der Waals surface area contributed by atoms with Gasteiger partial charge in [0.05, 0.1) is 6.20 Å². The van der Waals surface area contributed by atoms with Gasteiger partial charge in [0, 0.05) is 18.6 Å². The van der Waals surface area contributed by atoms with Crippen LogP contribution in [0.1, 0.15) is 31.5 Å². The van der Waals surface area contributed by atoms with E-state index < -0.39 is 10.0 Å². The molecule has 1 aromatic rings. The van der Waals surface area contributed by atoms with Gasteiger partial charge in [0.25, 0.3) is 10.0 Å². The second-order valence-electron chi connectivity index (χ2n) is 5.36. The minimum absolute atomic E-state index is 0.0936. The van der Waals surface area contributed by atoms with Gasteiger partial charge in [-0.05, 0) is 39.2 Å². The number of rotatable bonds is 3. The number of nitrogens with zero attached hydrogens (tertiary/aromatic N) is 2. The first-order chi connectivity index (χ1) is 9.09. The zero-order valence-electron chi connectivity index (χ0n) is 11.1. The molecule has 0 aliphatic carbocycles. The van der Waals surface area contributed by atoms with Crippen molar-refractivity contribution in [3.63, 3.8) is 0 Å². The number of aromatic nitrogens is 2. The average Bonchev–Trinajstić information content (AvgIpc) is 3.09. The van der Waals surface area contributed by atoms with E-state index in [2.05, 4.69) is 15.3 Å². The minimum Gasteiger partial charge on any atom is -0.332 e. The largest absolute Gasteiger partial charge is 0.332 e. The first-order valence-electron chi connectivity index (χ1n) is 6.86. The molecular formula is C12H20N4O2S. The number of H-pyrrole nitrogens is 1. The fraction of sp³-hybridized carbons (Fsp3) is 0.750. The molecule has 2 atom stereocenters. The number of aromatic amines is 1. The highest BCUT2D eigenvalue weighted by atomic mass is 32.2. The van der Waals surface area contributed by atoms with E-state index in [0.29, 0.717) is 18.4 Å². The van der Waals surface area contributed by atoms with Crippen molar-refractivity contribution in [3.05, 3.63) is 12.0 Å². The Morgan fingerprint density at radius 3 is 2.84 bits per heavy atom. The lowest BCUT2D eigenvalue weighted by Gasteiger charge is -2.28. The van der Waals surface area contributed by atoms with E-state index in [0.717, 1.165) is 32.2 Å². The van der Waals surface area contributed by atoms with Crippen molar-refractivity contribution in [1.29, 1.82) is 0 Å². The maximum Gasteiger partial charge on any atom is 0.260 e. The number of nitrogens with one attached hydrogen (secondary N) is 2. The lowest BCUT2D eigenvalue weighted by molar-refractivity contribution is 0.321. The molecule has 2 aliphatic rings. The Hall–Kier alpha value is -0.920. The Kier molecular flexibility index (Phi) is 3.36. The summed E-state index contributed by atoms with van der Waals surface area (Å²) in [5.41, 5.74) is 0.